The molecule has 2 aromatic rings. The summed E-state index contributed by atoms with van der Waals surface area (Å²) >= 11 is 20.3. The van der Waals surface area contributed by atoms with Gasteiger partial charge in [-0.3, -0.25) is 0 Å². The Morgan fingerprint density at radius 2 is 1.81 bits per heavy atom. The average molecular weight is 465 g/mol. The van der Waals surface area contributed by atoms with Crippen LogP contribution in [-0.2, 0) is 0 Å². The minimum atomic E-state index is -0.0908. The molecule has 0 radical (unpaired) electrons. The maximum absolute atomic E-state index is 6.48. The number of aryl methyl sites for hydroxylation is 1. The molecule has 0 aliphatic carbocycles. The van der Waals surface area contributed by atoms with E-state index in [0.29, 0.717) is 0 Å². The largest absolute Gasteiger partial charge is 0.131 e. The molecular formula is C10H6Br3ClS2. The molecule has 0 aromatic carbocycles. The van der Waals surface area contributed by atoms with Crippen molar-refractivity contribution < 1.29 is 0 Å². The van der Waals surface area contributed by atoms with Crippen LogP contribution in [0.2, 0.25) is 0 Å². The second-order valence-corrected chi connectivity index (χ2v) is 9.84. The van der Waals surface area contributed by atoms with Gasteiger partial charge in [-0.25, -0.2) is 0 Å². The lowest BCUT2D eigenvalue weighted by molar-refractivity contribution is 1.19. The molecule has 0 amide bonds. The number of alkyl halides is 1. The highest BCUT2D eigenvalue weighted by atomic mass is 79.9. The summed E-state index contributed by atoms with van der Waals surface area (Å²) < 4.78 is 3.33. The Balaban J connectivity index is 2.38. The lowest BCUT2D eigenvalue weighted by Gasteiger charge is -2.05. The van der Waals surface area contributed by atoms with Gasteiger partial charge in [0.2, 0.25) is 0 Å². The number of thiophene rings is 2. The highest BCUT2D eigenvalue weighted by molar-refractivity contribution is 9.12. The number of rotatable bonds is 2. The first-order valence-electron chi connectivity index (χ1n) is 4.33. The molecule has 0 saturated carbocycles. The van der Waals surface area contributed by atoms with Crippen molar-refractivity contribution in [3.63, 3.8) is 0 Å². The van der Waals surface area contributed by atoms with E-state index in [1.807, 2.05) is 0 Å². The molecule has 0 fully saturated rings. The van der Waals surface area contributed by atoms with E-state index < -0.39 is 0 Å². The SMILES string of the molecule is Cc1cc(C(Cl)c2cc(Br)sc2Br)sc1Br. The van der Waals surface area contributed by atoms with Crippen LogP contribution in [0, 0.1) is 6.92 Å². The van der Waals surface area contributed by atoms with Crippen LogP contribution >= 0.6 is 82.1 Å². The molecule has 0 spiro atoms. The zero-order chi connectivity index (χ0) is 11.9. The van der Waals surface area contributed by atoms with Gasteiger partial charge in [0.1, 0.15) is 0 Å². The standard InChI is InChI=1S/C10H6Br3ClS2/c1-4-2-6(15-9(4)12)8(14)5-3-7(11)16-10(5)13/h2-3,8H,1H3. The monoisotopic (exact) mass is 462 g/mol. The van der Waals surface area contributed by atoms with E-state index in [1.54, 1.807) is 22.7 Å². The summed E-state index contributed by atoms with van der Waals surface area (Å²) in [6, 6.07) is 4.19. The fourth-order valence-electron chi connectivity index (χ4n) is 1.29. The van der Waals surface area contributed by atoms with Gasteiger partial charge in [0.05, 0.1) is 16.7 Å². The van der Waals surface area contributed by atoms with Crippen LogP contribution in [0.3, 0.4) is 0 Å². The molecule has 1 unspecified atom stereocenters. The van der Waals surface area contributed by atoms with Crippen molar-refractivity contribution in [1.82, 2.24) is 0 Å². The minimum absolute atomic E-state index is 0.0908. The van der Waals surface area contributed by atoms with Gasteiger partial charge >= 0.3 is 0 Å². The van der Waals surface area contributed by atoms with Crippen molar-refractivity contribution in [1.29, 1.82) is 0 Å². The van der Waals surface area contributed by atoms with Gasteiger partial charge in [-0.05, 0) is 72.4 Å². The Labute approximate surface area is 132 Å². The topological polar surface area (TPSA) is 0 Å². The highest BCUT2D eigenvalue weighted by Crippen LogP contribution is 2.44. The van der Waals surface area contributed by atoms with E-state index in [-0.39, 0.29) is 5.38 Å². The Kier molecular flexibility index (Phi) is 4.58. The van der Waals surface area contributed by atoms with Crippen molar-refractivity contribution in [2.75, 3.05) is 0 Å². The molecule has 0 N–H and O–H groups in total. The average Bonchev–Trinajstić information content (AvgIpc) is 2.70. The summed E-state index contributed by atoms with van der Waals surface area (Å²) in [5, 5.41) is -0.0908. The van der Waals surface area contributed by atoms with E-state index >= 15 is 0 Å². The van der Waals surface area contributed by atoms with E-state index in [0.717, 1.165) is 21.8 Å². The van der Waals surface area contributed by atoms with Crippen molar-refractivity contribution in [3.8, 4) is 0 Å². The van der Waals surface area contributed by atoms with E-state index in [9.17, 15) is 0 Å². The summed E-state index contributed by atoms with van der Waals surface area (Å²) in [5.74, 6) is 0. The lowest BCUT2D eigenvalue weighted by Crippen LogP contribution is -1.87. The molecule has 0 aliphatic rings. The molecule has 2 rings (SSSR count). The molecule has 2 aromatic heterocycles. The fourth-order valence-corrected chi connectivity index (χ4v) is 6.32. The van der Waals surface area contributed by atoms with E-state index in [4.69, 9.17) is 11.6 Å². The molecule has 2 heterocycles. The van der Waals surface area contributed by atoms with Crippen LogP contribution < -0.4 is 0 Å². The summed E-state index contributed by atoms with van der Waals surface area (Å²) in [7, 11) is 0. The molecule has 6 heteroatoms. The summed E-state index contributed by atoms with van der Waals surface area (Å²) in [4.78, 5) is 1.16. The zero-order valence-electron chi connectivity index (χ0n) is 8.06. The third-order valence-corrected chi connectivity index (χ3v) is 7.27. The molecule has 0 aliphatic heterocycles. The highest BCUT2D eigenvalue weighted by Gasteiger charge is 2.19. The summed E-state index contributed by atoms with van der Waals surface area (Å²) in [6.45, 7) is 2.08. The first-order chi connectivity index (χ1) is 7.49. The van der Waals surface area contributed by atoms with Gasteiger partial charge in [-0.2, -0.15) is 0 Å². The molecule has 16 heavy (non-hydrogen) atoms. The van der Waals surface area contributed by atoms with Gasteiger partial charge in [-0.15, -0.1) is 34.3 Å². The van der Waals surface area contributed by atoms with Crippen molar-refractivity contribution in [2.24, 2.45) is 0 Å². The third-order valence-electron chi connectivity index (χ3n) is 2.08. The Hall–Kier alpha value is 1.13. The van der Waals surface area contributed by atoms with E-state index in [1.165, 1.54) is 5.56 Å². The Bertz CT molecular complexity index is 499. The fraction of sp³-hybridized carbons (Fsp3) is 0.200. The second-order valence-electron chi connectivity index (χ2n) is 3.25. The maximum Gasteiger partial charge on any atom is 0.0947 e. The van der Waals surface area contributed by atoms with Crippen LogP contribution in [-0.4, -0.2) is 0 Å². The number of hydrogen-bond acceptors (Lipinski definition) is 2. The predicted molar refractivity (Wildman–Crippen MR) is 84.2 cm³/mol. The molecule has 1 atom stereocenters. The third kappa shape index (κ3) is 2.75. The molecule has 0 bridgehead atoms. The number of hydrogen-bond donors (Lipinski definition) is 0. The van der Waals surface area contributed by atoms with Crippen molar-refractivity contribution in [2.45, 2.75) is 12.3 Å². The van der Waals surface area contributed by atoms with Crippen LogP contribution in [0.5, 0.6) is 0 Å². The number of halogens is 4. The zero-order valence-corrected chi connectivity index (χ0v) is 15.2. The van der Waals surface area contributed by atoms with Crippen LogP contribution in [0.25, 0.3) is 0 Å². The molecule has 0 nitrogen and oxygen atoms in total. The van der Waals surface area contributed by atoms with Crippen LogP contribution in [0.4, 0.5) is 0 Å². The first-order valence-corrected chi connectivity index (χ1v) is 8.78. The van der Waals surface area contributed by atoms with E-state index in [2.05, 4.69) is 66.8 Å². The Morgan fingerprint density at radius 1 is 1.12 bits per heavy atom. The maximum atomic E-state index is 6.48. The summed E-state index contributed by atoms with van der Waals surface area (Å²) in [6.07, 6.45) is 0. The first kappa shape index (κ1) is 13.6. The summed E-state index contributed by atoms with van der Waals surface area (Å²) in [5.41, 5.74) is 2.35. The predicted octanol–water partition coefficient (Wildman–Crippen LogP) is 6.73. The van der Waals surface area contributed by atoms with Crippen LogP contribution in [0.1, 0.15) is 21.4 Å². The van der Waals surface area contributed by atoms with Gasteiger partial charge in [0.25, 0.3) is 0 Å². The molecule has 86 valence electrons. The minimum Gasteiger partial charge on any atom is -0.131 e. The van der Waals surface area contributed by atoms with Gasteiger partial charge in [0, 0.05) is 10.4 Å². The van der Waals surface area contributed by atoms with Gasteiger partial charge < -0.3 is 0 Å². The Morgan fingerprint density at radius 3 is 2.25 bits per heavy atom. The van der Waals surface area contributed by atoms with Crippen molar-refractivity contribution >= 4 is 82.1 Å². The molecular weight excluding hydrogens is 459 g/mol. The van der Waals surface area contributed by atoms with Gasteiger partial charge in [-0.1, -0.05) is 0 Å². The second kappa shape index (κ2) is 5.41. The normalized spacial score (nSPS) is 13.1. The molecule has 0 saturated heterocycles. The lowest BCUT2D eigenvalue weighted by atomic mass is 10.2. The quantitative estimate of drug-likeness (QED) is 0.431. The van der Waals surface area contributed by atoms with Gasteiger partial charge in [0.15, 0.2) is 0 Å². The van der Waals surface area contributed by atoms with Crippen LogP contribution in [0.15, 0.2) is 23.5 Å². The van der Waals surface area contributed by atoms with Crippen molar-refractivity contribution in [3.05, 3.63) is 39.5 Å². The smallest absolute Gasteiger partial charge is 0.0947 e.